The molecule has 0 aliphatic heterocycles. The summed E-state index contributed by atoms with van der Waals surface area (Å²) in [5.41, 5.74) is 0. The summed E-state index contributed by atoms with van der Waals surface area (Å²) in [5.74, 6) is 0. The number of methoxy groups -OCH3 is 4. The van der Waals surface area contributed by atoms with Gasteiger partial charge < -0.3 is 56.8 Å². The standard InChI is InChI=1S/C26H54O12/c1-6-24(36-18-15-35-23-26(38-17-10-30-5)21-32-12-8-28-3)19-33-13-14-34-22-25(37-16-9-29-4)20-31-11-7-27-2/h24-26H,6-23H2,1-5H3. The molecule has 0 aliphatic carbocycles. The first kappa shape index (κ1) is 37.5. The second-order valence-corrected chi connectivity index (χ2v) is 8.23. The Hall–Kier alpha value is -0.480. The van der Waals surface area contributed by atoms with Crippen molar-refractivity contribution in [2.45, 2.75) is 31.7 Å². The molecule has 0 aromatic heterocycles. The van der Waals surface area contributed by atoms with Gasteiger partial charge in [0, 0.05) is 28.4 Å². The smallest absolute Gasteiger partial charge is 0.104 e. The van der Waals surface area contributed by atoms with Crippen LogP contribution in [0.15, 0.2) is 0 Å². The average molecular weight is 559 g/mol. The lowest BCUT2D eigenvalue weighted by Crippen LogP contribution is -2.29. The summed E-state index contributed by atoms with van der Waals surface area (Å²) >= 11 is 0. The van der Waals surface area contributed by atoms with E-state index in [2.05, 4.69) is 6.92 Å². The van der Waals surface area contributed by atoms with Gasteiger partial charge in [0.1, 0.15) is 12.2 Å². The third-order valence-corrected chi connectivity index (χ3v) is 5.07. The summed E-state index contributed by atoms with van der Waals surface area (Å²) < 4.78 is 65.7. The quantitative estimate of drug-likeness (QED) is 0.111. The highest BCUT2D eigenvalue weighted by atomic mass is 16.6. The van der Waals surface area contributed by atoms with E-state index in [9.17, 15) is 0 Å². The summed E-state index contributed by atoms with van der Waals surface area (Å²) in [5, 5.41) is 0. The first-order valence-electron chi connectivity index (χ1n) is 13.4. The molecule has 230 valence electrons. The molecule has 0 rings (SSSR count). The fourth-order valence-electron chi connectivity index (χ4n) is 2.92. The molecule has 0 amide bonds. The molecule has 38 heavy (non-hydrogen) atoms. The molecule has 3 atom stereocenters. The van der Waals surface area contributed by atoms with Crippen LogP contribution in [0.2, 0.25) is 0 Å². The predicted octanol–water partition coefficient (Wildman–Crippen LogP) is 1.22. The lowest BCUT2D eigenvalue weighted by atomic mass is 10.3. The third-order valence-electron chi connectivity index (χ3n) is 5.07. The molecule has 0 heterocycles. The van der Waals surface area contributed by atoms with E-state index in [0.717, 1.165) is 6.42 Å². The fourth-order valence-corrected chi connectivity index (χ4v) is 2.92. The van der Waals surface area contributed by atoms with Crippen LogP contribution in [0.1, 0.15) is 13.3 Å². The van der Waals surface area contributed by atoms with Crippen LogP contribution in [0.3, 0.4) is 0 Å². The molecule has 0 spiro atoms. The van der Waals surface area contributed by atoms with Crippen molar-refractivity contribution in [1.82, 2.24) is 0 Å². The largest absolute Gasteiger partial charge is 0.382 e. The molecule has 0 bridgehead atoms. The summed E-state index contributed by atoms with van der Waals surface area (Å²) in [6.07, 6.45) is 0.486. The maximum absolute atomic E-state index is 5.89. The van der Waals surface area contributed by atoms with Crippen molar-refractivity contribution >= 4 is 0 Å². The molecule has 12 heteroatoms. The predicted molar refractivity (Wildman–Crippen MR) is 141 cm³/mol. The Labute approximate surface area is 229 Å². The molecular weight excluding hydrogens is 504 g/mol. The molecule has 0 aromatic rings. The van der Waals surface area contributed by atoms with Gasteiger partial charge in [-0.15, -0.1) is 0 Å². The second kappa shape index (κ2) is 31.1. The molecule has 0 N–H and O–H groups in total. The normalized spacial score (nSPS) is 14.1. The lowest BCUT2D eigenvalue weighted by Gasteiger charge is -2.20. The lowest BCUT2D eigenvalue weighted by molar-refractivity contribution is -0.0922. The Kier molecular flexibility index (Phi) is 30.7. The molecule has 0 aromatic carbocycles. The first-order chi connectivity index (χ1) is 18.7. The van der Waals surface area contributed by atoms with E-state index in [1.165, 1.54) is 0 Å². The Morgan fingerprint density at radius 3 is 0.974 bits per heavy atom. The van der Waals surface area contributed by atoms with Crippen LogP contribution in [0.25, 0.3) is 0 Å². The van der Waals surface area contributed by atoms with E-state index in [4.69, 9.17) is 56.8 Å². The Balaban J connectivity index is 3.97. The van der Waals surface area contributed by atoms with Crippen molar-refractivity contribution in [3.8, 4) is 0 Å². The van der Waals surface area contributed by atoms with Crippen LogP contribution in [0, 0.1) is 0 Å². The zero-order valence-electron chi connectivity index (χ0n) is 24.4. The van der Waals surface area contributed by atoms with Crippen LogP contribution in [0.5, 0.6) is 0 Å². The van der Waals surface area contributed by atoms with Crippen molar-refractivity contribution in [3.63, 3.8) is 0 Å². The molecular formula is C26H54O12. The van der Waals surface area contributed by atoms with Crippen LogP contribution in [-0.4, -0.2) is 159 Å². The third kappa shape index (κ3) is 25.8. The molecule has 12 nitrogen and oxygen atoms in total. The van der Waals surface area contributed by atoms with Gasteiger partial charge in [-0.25, -0.2) is 0 Å². The van der Waals surface area contributed by atoms with Gasteiger partial charge in [-0.05, 0) is 6.42 Å². The van der Waals surface area contributed by atoms with E-state index >= 15 is 0 Å². The minimum atomic E-state index is -0.172. The van der Waals surface area contributed by atoms with Gasteiger partial charge in [0.15, 0.2) is 0 Å². The Morgan fingerprint density at radius 2 is 0.605 bits per heavy atom. The van der Waals surface area contributed by atoms with Crippen LogP contribution in [0.4, 0.5) is 0 Å². The van der Waals surface area contributed by atoms with Crippen LogP contribution >= 0.6 is 0 Å². The minimum Gasteiger partial charge on any atom is -0.382 e. The van der Waals surface area contributed by atoms with Crippen LogP contribution in [-0.2, 0) is 56.8 Å². The summed E-state index contributed by atoms with van der Waals surface area (Å²) in [4.78, 5) is 0. The maximum atomic E-state index is 5.89. The zero-order valence-corrected chi connectivity index (χ0v) is 24.4. The molecule has 0 aliphatic rings. The number of rotatable bonds is 32. The summed E-state index contributed by atoms with van der Waals surface area (Å²) in [7, 11) is 6.56. The van der Waals surface area contributed by atoms with E-state index in [1.54, 1.807) is 28.4 Å². The van der Waals surface area contributed by atoms with Crippen molar-refractivity contribution in [2.75, 3.05) is 141 Å². The summed E-state index contributed by atoms with van der Waals surface area (Å²) in [6, 6.07) is 0. The van der Waals surface area contributed by atoms with Crippen molar-refractivity contribution in [2.24, 2.45) is 0 Å². The monoisotopic (exact) mass is 558 g/mol. The zero-order chi connectivity index (χ0) is 27.9. The summed E-state index contributed by atoms with van der Waals surface area (Å²) in [6.45, 7) is 10.2. The van der Waals surface area contributed by atoms with Crippen molar-refractivity contribution in [3.05, 3.63) is 0 Å². The van der Waals surface area contributed by atoms with Gasteiger partial charge in [0.05, 0.1) is 118 Å². The highest BCUT2D eigenvalue weighted by Crippen LogP contribution is 2.02. The van der Waals surface area contributed by atoms with Crippen LogP contribution < -0.4 is 0 Å². The number of ether oxygens (including phenoxy) is 12. The van der Waals surface area contributed by atoms with Crippen molar-refractivity contribution < 1.29 is 56.8 Å². The SMILES string of the molecule is CCC(COCCOCC(COCCOC)OCCOC)OCCOCC(COCCOC)OCCOC. The highest BCUT2D eigenvalue weighted by molar-refractivity contribution is 4.58. The Bertz CT molecular complexity index is 446. The van der Waals surface area contributed by atoms with E-state index in [0.29, 0.717) is 112 Å². The van der Waals surface area contributed by atoms with Gasteiger partial charge in [0.25, 0.3) is 0 Å². The van der Waals surface area contributed by atoms with E-state index < -0.39 is 0 Å². The molecule has 0 radical (unpaired) electrons. The molecule has 0 saturated carbocycles. The van der Waals surface area contributed by atoms with E-state index in [1.807, 2.05) is 0 Å². The Morgan fingerprint density at radius 1 is 0.342 bits per heavy atom. The van der Waals surface area contributed by atoms with Crippen molar-refractivity contribution in [1.29, 1.82) is 0 Å². The number of hydrogen-bond donors (Lipinski definition) is 0. The second-order valence-electron chi connectivity index (χ2n) is 8.23. The van der Waals surface area contributed by atoms with Gasteiger partial charge in [-0.3, -0.25) is 0 Å². The minimum absolute atomic E-state index is 0.0102. The van der Waals surface area contributed by atoms with E-state index in [-0.39, 0.29) is 18.3 Å². The van der Waals surface area contributed by atoms with Gasteiger partial charge in [-0.2, -0.15) is 0 Å². The van der Waals surface area contributed by atoms with Gasteiger partial charge in [-0.1, -0.05) is 6.92 Å². The molecule has 0 saturated heterocycles. The molecule has 3 unspecified atom stereocenters. The highest BCUT2D eigenvalue weighted by Gasteiger charge is 2.12. The maximum Gasteiger partial charge on any atom is 0.104 e. The fraction of sp³-hybridized carbons (Fsp3) is 1.00. The number of hydrogen-bond acceptors (Lipinski definition) is 12. The molecule has 0 fully saturated rings. The average Bonchev–Trinajstić information content (AvgIpc) is 2.93. The van der Waals surface area contributed by atoms with Gasteiger partial charge in [0.2, 0.25) is 0 Å². The first-order valence-corrected chi connectivity index (χ1v) is 13.4. The van der Waals surface area contributed by atoms with Gasteiger partial charge >= 0.3 is 0 Å². The topological polar surface area (TPSA) is 111 Å².